The highest BCUT2D eigenvalue weighted by atomic mass is 16.5. The lowest BCUT2D eigenvalue weighted by Crippen LogP contribution is -2.24. The number of hydrogen-bond donors (Lipinski definition) is 1. The molecule has 0 fully saturated rings. The van der Waals surface area contributed by atoms with Crippen molar-refractivity contribution in [2.75, 3.05) is 13.7 Å². The zero-order valence-corrected chi connectivity index (χ0v) is 10.1. The molecule has 0 saturated heterocycles. The van der Waals surface area contributed by atoms with E-state index in [2.05, 4.69) is 17.0 Å². The van der Waals surface area contributed by atoms with Crippen LogP contribution >= 0.6 is 0 Å². The van der Waals surface area contributed by atoms with E-state index in [9.17, 15) is 9.59 Å². The van der Waals surface area contributed by atoms with Gasteiger partial charge in [-0.05, 0) is 24.0 Å². The van der Waals surface area contributed by atoms with Gasteiger partial charge in [0.25, 0.3) is 0 Å². The van der Waals surface area contributed by atoms with Crippen molar-refractivity contribution in [3.63, 3.8) is 0 Å². The highest BCUT2D eigenvalue weighted by molar-refractivity contribution is 5.75. The van der Waals surface area contributed by atoms with E-state index in [1.807, 2.05) is 18.2 Å². The number of rotatable bonds is 5. The summed E-state index contributed by atoms with van der Waals surface area (Å²) in [7, 11) is 1.34. The van der Waals surface area contributed by atoms with Crippen LogP contribution in [0, 0.1) is 0 Å². The first-order valence-corrected chi connectivity index (χ1v) is 5.54. The minimum absolute atomic E-state index is 0.284. The second-order valence-electron chi connectivity index (χ2n) is 3.90. The van der Waals surface area contributed by atoms with Crippen molar-refractivity contribution >= 4 is 12.4 Å². The van der Waals surface area contributed by atoms with Gasteiger partial charge in [0.05, 0.1) is 7.11 Å². The van der Waals surface area contributed by atoms with Gasteiger partial charge < -0.3 is 10.1 Å². The molecule has 92 valence electrons. The minimum Gasteiger partial charge on any atom is -0.453 e. The molecule has 1 N–H and O–H groups in total. The zero-order chi connectivity index (χ0) is 12.7. The third-order valence-electron chi connectivity index (χ3n) is 2.65. The summed E-state index contributed by atoms with van der Waals surface area (Å²) in [5.74, 6) is 0.284. The Morgan fingerprint density at radius 2 is 2.29 bits per heavy atom. The number of aldehydes is 1. The van der Waals surface area contributed by atoms with Gasteiger partial charge in [-0.2, -0.15) is 0 Å². The van der Waals surface area contributed by atoms with Gasteiger partial charge in [-0.3, -0.25) is 4.79 Å². The van der Waals surface area contributed by atoms with Crippen LogP contribution in [0.5, 0.6) is 0 Å². The van der Waals surface area contributed by atoms with E-state index in [-0.39, 0.29) is 5.92 Å². The summed E-state index contributed by atoms with van der Waals surface area (Å²) in [4.78, 5) is 21.5. The van der Waals surface area contributed by atoms with Gasteiger partial charge in [0.2, 0.25) is 0 Å². The maximum absolute atomic E-state index is 10.9. The molecule has 17 heavy (non-hydrogen) atoms. The molecule has 0 saturated carbocycles. The number of carbonyl (C=O) groups is 2. The molecule has 0 aliphatic heterocycles. The van der Waals surface area contributed by atoms with Crippen molar-refractivity contribution in [2.24, 2.45) is 0 Å². The van der Waals surface area contributed by atoms with Crippen LogP contribution < -0.4 is 5.32 Å². The maximum atomic E-state index is 10.9. The van der Waals surface area contributed by atoms with Gasteiger partial charge in [0.1, 0.15) is 6.29 Å². The van der Waals surface area contributed by atoms with Crippen molar-refractivity contribution in [3.8, 4) is 0 Å². The Morgan fingerprint density at radius 1 is 1.53 bits per heavy atom. The number of amides is 1. The Kier molecular flexibility index (Phi) is 5.20. The molecule has 1 atom stereocenters. The van der Waals surface area contributed by atoms with E-state index in [0.717, 1.165) is 18.3 Å². The molecule has 0 aliphatic rings. The Hall–Kier alpha value is -1.84. The molecule has 0 heterocycles. The summed E-state index contributed by atoms with van der Waals surface area (Å²) < 4.78 is 4.48. The van der Waals surface area contributed by atoms with Gasteiger partial charge in [-0.25, -0.2) is 4.79 Å². The van der Waals surface area contributed by atoms with E-state index in [4.69, 9.17) is 0 Å². The first-order chi connectivity index (χ1) is 8.17. The molecule has 4 heteroatoms. The van der Waals surface area contributed by atoms with E-state index in [1.54, 1.807) is 6.07 Å². The molecule has 1 rings (SSSR count). The number of ether oxygens (including phenoxy) is 1. The Bertz CT molecular complexity index is 390. The lowest BCUT2D eigenvalue weighted by atomic mass is 9.96. The molecule has 1 amide bonds. The van der Waals surface area contributed by atoms with Crippen molar-refractivity contribution in [3.05, 3.63) is 35.4 Å². The van der Waals surface area contributed by atoms with Crippen molar-refractivity contribution in [1.82, 2.24) is 5.32 Å². The summed E-state index contributed by atoms with van der Waals surface area (Å²) in [6, 6.07) is 7.49. The highest BCUT2D eigenvalue weighted by Gasteiger charge is 2.07. The first kappa shape index (κ1) is 13.2. The van der Waals surface area contributed by atoms with Gasteiger partial charge >= 0.3 is 6.09 Å². The Balaban J connectivity index is 2.48. The molecule has 4 nitrogen and oxygen atoms in total. The molecule has 0 aliphatic carbocycles. The van der Waals surface area contributed by atoms with E-state index >= 15 is 0 Å². The summed E-state index contributed by atoms with van der Waals surface area (Å²) in [5, 5.41) is 2.63. The summed E-state index contributed by atoms with van der Waals surface area (Å²) in [6.07, 6.45) is 1.22. The van der Waals surface area contributed by atoms with Gasteiger partial charge in [0, 0.05) is 12.1 Å². The zero-order valence-electron chi connectivity index (χ0n) is 10.1. The predicted molar refractivity (Wildman–Crippen MR) is 65.3 cm³/mol. The van der Waals surface area contributed by atoms with E-state index in [1.165, 1.54) is 7.11 Å². The summed E-state index contributed by atoms with van der Waals surface area (Å²) >= 11 is 0. The van der Waals surface area contributed by atoms with Crippen molar-refractivity contribution < 1.29 is 14.3 Å². The SMILES string of the molecule is COC(=O)NCC[C@@H](C)c1cccc(C=O)c1. The van der Waals surface area contributed by atoms with Crippen molar-refractivity contribution in [1.29, 1.82) is 0 Å². The normalized spacial score (nSPS) is 11.6. The molecule has 0 aromatic heterocycles. The Morgan fingerprint density at radius 3 is 2.94 bits per heavy atom. The molecular weight excluding hydrogens is 218 g/mol. The summed E-state index contributed by atoms with van der Waals surface area (Å²) in [6.45, 7) is 2.61. The van der Waals surface area contributed by atoms with Crippen LogP contribution in [-0.2, 0) is 4.74 Å². The highest BCUT2D eigenvalue weighted by Crippen LogP contribution is 2.18. The van der Waals surface area contributed by atoms with Crippen LogP contribution in [0.3, 0.4) is 0 Å². The van der Waals surface area contributed by atoms with Gasteiger partial charge in [-0.15, -0.1) is 0 Å². The molecule has 0 unspecified atom stereocenters. The quantitative estimate of drug-likeness (QED) is 0.797. The summed E-state index contributed by atoms with van der Waals surface area (Å²) in [5.41, 5.74) is 1.77. The number of methoxy groups -OCH3 is 1. The number of alkyl carbamates (subject to hydrolysis) is 1. The molecule has 1 aromatic carbocycles. The lowest BCUT2D eigenvalue weighted by Gasteiger charge is -2.12. The number of hydrogen-bond acceptors (Lipinski definition) is 3. The standard InChI is InChI=1S/C13H17NO3/c1-10(6-7-14-13(16)17-2)12-5-3-4-11(8-12)9-15/h3-5,8-10H,6-7H2,1-2H3,(H,14,16)/t10-/m1/s1. The topological polar surface area (TPSA) is 55.4 Å². The third-order valence-corrected chi connectivity index (χ3v) is 2.65. The maximum Gasteiger partial charge on any atom is 0.406 e. The third kappa shape index (κ3) is 4.26. The van der Waals surface area contributed by atoms with Crippen LogP contribution in [-0.4, -0.2) is 26.0 Å². The molecule has 0 spiro atoms. The second-order valence-corrected chi connectivity index (χ2v) is 3.90. The molecule has 0 radical (unpaired) electrons. The van der Waals surface area contributed by atoms with Crippen LogP contribution in [0.15, 0.2) is 24.3 Å². The van der Waals surface area contributed by atoms with Crippen LogP contribution in [0.2, 0.25) is 0 Å². The second kappa shape index (κ2) is 6.68. The fourth-order valence-electron chi connectivity index (χ4n) is 1.57. The molecule has 0 bridgehead atoms. The van der Waals surface area contributed by atoms with Crippen molar-refractivity contribution in [2.45, 2.75) is 19.3 Å². The fraction of sp³-hybridized carbons (Fsp3) is 0.385. The first-order valence-electron chi connectivity index (χ1n) is 5.54. The number of nitrogens with one attached hydrogen (secondary N) is 1. The van der Waals surface area contributed by atoms with Crippen LogP contribution in [0.25, 0.3) is 0 Å². The fourth-order valence-corrected chi connectivity index (χ4v) is 1.57. The van der Waals surface area contributed by atoms with Gasteiger partial charge in [0.15, 0.2) is 0 Å². The van der Waals surface area contributed by atoms with Crippen LogP contribution in [0.4, 0.5) is 4.79 Å². The van der Waals surface area contributed by atoms with E-state index < -0.39 is 6.09 Å². The lowest BCUT2D eigenvalue weighted by molar-refractivity contribution is 0.112. The predicted octanol–water partition coefficient (Wildman–Crippen LogP) is 2.35. The van der Waals surface area contributed by atoms with Crippen LogP contribution in [0.1, 0.15) is 35.2 Å². The minimum atomic E-state index is -0.418. The number of benzene rings is 1. The smallest absolute Gasteiger partial charge is 0.406 e. The monoisotopic (exact) mass is 235 g/mol. The average Bonchev–Trinajstić information content (AvgIpc) is 2.38. The number of carbonyl (C=O) groups excluding carboxylic acids is 2. The average molecular weight is 235 g/mol. The molecule has 1 aromatic rings. The Labute approximate surface area is 101 Å². The van der Waals surface area contributed by atoms with E-state index in [0.29, 0.717) is 12.1 Å². The van der Waals surface area contributed by atoms with Gasteiger partial charge in [-0.1, -0.05) is 25.1 Å². The molecular formula is C13H17NO3. The largest absolute Gasteiger partial charge is 0.453 e.